The summed E-state index contributed by atoms with van der Waals surface area (Å²) in [6.45, 7) is 21.5. The zero-order valence-electron chi connectivity index (χ0n) is 39.8. The lowest BCUT2D eigenvalue weighted by atomic mass is 9.88. The average Bonchev–Trinajstić information content (AvgIpc) is 3.22. The summed E-state index contributed by atoms with van der Waals surface area (Å²) in [7, 11) is 0. The van der Waals surface area contributed by atoms with Crippen LogP contribution in [-0.2, 0) is 41.9 Å². The molecule has 0 bridgehead atoms. The second kappa shape index (κ2) is 27.2. The minimum absolute atomic E-state index is 0.00410. The third kappa shape index (κ3) is 18.9. The number of rotatable bonds is 25. The molecule has 8 N–H and O–H groups in total. The Hall–Kier alpha value is -5.22. The summed E-state index contributed by atoms with van der Waals surface area (Å²) in [4.78, 5) is 80.7. The molecule has 2 aromatic carbocycles. The van der Waals surface area contributed by atoms with Gasteiger partial charge in [0, 0.05) is 0 Å². The molecule has 0 aromatic heterocycles. The van der Waals surface area contributed by atoms with E-state index in [2.05, 4.69) is 31.9 Å². The van der Waals surface area contributed by atoms with Crippen LogP contribution in [0.15, 0.2) is 60.7 Å². The zero-order chi connectivity index (χ0) is 48.3. The molecule has 0 aliphatic rings. The molecule has 0 aliphatic carbocycles. The molecule has 16 heteroatoms. The number of ether oxygens (including phenoxy) is 2. The average molecular weight is 897 g/mol. The lowest BCUT2D eigenvalue weighted by Gasteiger charge is -2.36. The molecule has 64 heavy (non-hydrogen) atoms. The second-order valence-corrected chi connectivity index (χ2v) is 18.8. The monoisotopic (exact) mass is 897 g/mol. The minimum Gasteiger partial charge on any atom is -0.445 e. The zero-order valence-corrected chi connectivity index (χ0v) is 39.8. The second-order valence-electron chi connectivity index (χ2n) is 18.8. The van der Waals surface area contributed by atoms with E-state index in [0.717, 1.165) is 11.1 Å². The number of alkyl carbamates (subject to hydrolysis) is 2. The van der Waals surface area contributed by atoms with Crippen LogP contribution in [0, 0.1) is 35.5 Å². The number of nitrogens with one attached hydrogen (secondary N) is 6. The van der Waals surface area contributed by atoms with Gasteiger partial charge in [-0.3, -0.25) is 19.2 Å². The van der Waals surface area contributed by atoms with Crippen LogP contribution in [0.5, 0.6) is 0 Å². The van der Waals surface area contributed by atoms with Gasteiger partial charge in [-0.25, -0.2) is 9.59 Å². The number of carbonyl (C=O) groups is 6. The fraction of sp³-hybridized carbons (Fsp3) is 0.625. The Kier molecular flexibility index (Phi) is 23.3. The van der Waals surface area contributed by atoms with E-state index >= 15 is 0 Å². The van der Waals surface area contributed by atoms with E-state index in [-0.39, 0.29) is 49.7 Å². The van der Waals surface area contributed by atoms with E-state index in [1.807, 2.05) is 64.1 Å². The smallest absolute Gasteiger partial charge is 0.408 e. The quantitative estimate of drug-likeness (QED) is 0.0668. The van der Waals surface area contributed by atoms with Crippen molar-refractivity contribution in [2.24, 2.45) is 35.5 Å². The summed E-state index contributed by atoms with van der Waals surface area (Å²) in [5.41, 5.74) is 1.55. The van der Waals surface area contributed by atoms with Gasteiger partial charge in [0.05, 0.1) is 12.1 Å². The molecule has 0 saturated heterocycles. The number of aliphatic hydroxyl groups excluding tert-OH is 2. The van der Waals surface area contributed by atoms with Crippen LogP contribution in [0.1, 0.15) is 107 Å². The highest BCUT2D eigenvalue weighted by molar-refractivity contribution is 5.92. The Balaban J connectivity index is 2.22. The first-order valence-corrected chi connectivity index (χ1v) is 22.5. The van der Waals surface area contributed by atoms with Gasteiger partial charge in [-0.2, -0.15) is 0 Å². The van der Waals surface area contributed by atoms with Crippen LogP contribution in [0.2, 0.25) is 0 Å². The largest absolute Gasteiger partial charge is 0.445 e. The predicted molar refractivity (Wildman–Crippen MR) is 245 cm³/mol. The maximum atomic E-state index is 14.0. The fourth-order valence-electron chi connectivity index (χ4n) is 7.01. The SMILES string of the molecule is CC(C)C[C@H](NC(=O)C(NC(=O)C(NC(=O)OCc1ccccc1)C(C)C)C(C)C)[C@@H](O)[C@@H](O)[C@@H](CC(C)C)NC(=O)C(NC(=O)C(NC(=O)OCc1ccccc1)C(C)C)C(C)C. The molecule has 0 heterocycles. The maximum absolute atomic E-state index is 14.0. The normalized spacial score (nSPS) is 15.4. The molecule has 0 fully saturated rings. The Labute approximate surface area is 380 Å². The molecule has 16 nitrogen and oxygen atoms in total. The van der Waals surface area contributed by atoms with Crippen molar-refractivity contribution >= 4 is 35.8 Å². The highest BCUT2D eigenvalue weighted by Gasteiger charge is 2.39. The van der Waals surface area contributed by atoms with Crippen molar-refractivity contribution in [3.05, 3.63) is 71.8 Å². The summed E-state index contributed by atoms with van der Waals surface area (Å²) >= 11 is 0. The van der Waals surface area contributed by atoms with Crippen LogP contribution >= 0.6 is 0 Å². The summed E-state index contributed by atoms with van der Waals surface area (Å²) in [6, 6.07) is 11.9. The van der Waals surface area contributed by atoms with Gasteiger partial charge in [-0.15, -0.1) is 0 Å². The molecule has 8 atom stereocenters. The molecule has 0 radical (unpaired) electrons. The Bertz CT molecular complexity index is 1630. The molecule has 4 unspecified atom stereocenters. The van der Waals surface area contributed by atoms with Gasteiger partial charge in [-0.1, -0.05) is 144 Å². The summed E-state index contributed by atoms with van der Waals surface area (Å²) in [6.07, 6.45) is -4.28. The van der Waals surface area contributed by atoms with Gasteiger partial charge in [-0.05, 0) is 59.5 Å². The van der Waals surface area contributed by atoms with Crippen molar-refractivity contribution < 1.29 is 48.5 Å². The third-order valence-corrected chi connectivity index (χ3v) is 10.6. The number of hydrogen-bond donors (Lipinski definition) is 8. The number of carbonyl (C=O) groups excluding carboxylic acids is 6. The molecule has 0 aliphatic heterocycles. The van der Waals surface area contributed by atoms with E-state index in [1.165, 1.54) is 0 Å². The van der Waals surface area contributed by atoms with Gasteiger partial charge >= 0.3 is 12.2 Å². The van der Waals surface area contributed by atoms with E-state index in [4.69, 9.17) is 9.47 Å². The van der Waals surface area contributed by atoms with Crippen molar-refractivity contribution in [2.75, 3.05) is 0 Å². The first kappa shape index (κ1) is 54.9. The van der Waals surface area contributed by atoms with E-state index < -0.39 is 96.1 Å². The topological polar surface area (TPSA) is 234 Å². The summed E-state index contributed by atoms with van der Waals surface area (Å²) < 4.78 is 10.7. The van der Waals surface area contributed by atoms with Crippen molar-refractivity contribution in [3.63, 3.8) is 0 Å². The van der Waals surface area contributed by atoms with Crippen LogP contribution in [0.3, 0.4) is 0 Å². The van der Waals surface area contributed by atoms with Crippen LogP contribution in [0.25, 0.3) is 0 Å². The van der Waals surface area contributed by atoms with Crippen LogP contribution in [-0.4, -0.2) is 94.5 Å². The lowest BCUT2D eigenvalue weighted by molar-refractivity contribution is -0.134. The Morgan fingerprint density at radius 2 is 0.688 bits per heavy atom. The maximum Gasteiger partial charge on any atom is 0.408 e. The molecule has 0 saturated carbocycles. The van der Waals surface area contributed by atoms with Crippen molar-refractivity contribution in [3.8, 4) is 0 Å². The van der Waals surface area contributed by atoms with Gasteiger partial charge in [0.2, 0.25) is 23.6 Å². The molecule has 6 amide bonds. The lowest BCUT2D eigenvalue weighted by Crippen LogP contribution is -2.62. The number of aliphatic hydroxyl groups is 2. The molecule has 2 rings (SSSR count). The Morgan fingerprint density at radius 1 is 0.422 bits per heavy atom. The first-order chi connectivity index (χ1) is 30.0. The molecular weight excluding hydrogens is 821 g/mol. The number of amides is 6. The summed E-state index contributed by atoms with van der Waals surface area (Å²) in [5, 5.41) is 40.1. The molecule has 2 aromatic rings. The fourth-order valence-corrected chi connectivity index (χ4v) is 7.01. The van der Waals surface area contributed by atoms with Gasteiger partial charge in [0.15, 0.2) is 0 Å². The van der Waals surface area contributed by atoms with Crippen LogP contribution in [0.4, 0.5) is 9.59 Å². The minimum atomic E-state index is -1.58. The molecule has 0 spiro atoms. The van der Waals surface area contributed by atoms with E-state index in [9.17, 15) is 39.0 Å². The first-order valence-electron chi connectivity index (χ1n) is 22.5. The molecule has 358 valence electrons. The highest BCUT2D eigenvalue weighted by Crippen LogP contribution is 2.19. The van der Waals surface area contributed by atoms with Gasteiger partial charge in [0.1, 0.15) is 49.6 Å². The van der Waals surface area contributed by atoms with Crippen molar-refractivity contribution in [2.45, 2.75) is 158 Å². The van der Waals surface area contributed by atoms with Crippen molar-refractivity contribution in [1.82, 2.24) is 31.9 Å². The molecular formula is C48H76N6O10. The third-order valence-electron chi connectivity index (χ3n) is 10.6. The van der Waals surface area contributed by atoms with Gasteiger partial charge < -0.3 is 51.6 Å². The Morgan fingerprint density at radius 3 is 0.953 bits per heavy atom. The summed E-state index contributed by atoms with van der Waals surface area (Å²) in [5.74, 6) is -4.15. The van der Waals surface area contributed by atoms with Gasteiger partial charge in [0.25, 0.3) is 0 Å². The van der Waals surface area contributed by atoms with E-state index in [0.29, 0.717) is 0 Å². The van der Waals surface area contributed by atoms with E-state index in [1.54, 1.807) is 79.7 Å². The van der Waals surface area contributed by atoms with Crippen molar-refractivity contribution in [1.29, 1.82) is 0 Å². The standard InChI is InChI=1S/C48H76N6O10/c1-27(2)23-35(49-43(57)37(29(5)6)51-45(59)39(31(9)10)53-47(61)63-25-33-19-15-13-16-20-33)41(55)42(56)36(24-28(3)4)50-44(58)38(30(7)8)52-46(60)40(32(11)12)54-48(62)64-26-34-21-17-14-18-22-34/h13-22,27-32,35-42,55-56H,23-26H2,1-12H3,(H,49,57)(H,50,58)(H,51,59)(H,52,60)(H,53,61)(H,54,62)/t35-,36+,37?,38?,39?,40?,41+,42-. The van der Waals surface area contributed by atoms with Crippen LogP contribution < -0.4 is 31.9 Å². The number of benzene rings is 2. The predicted octanol–water partition coefficient (Wildman–Crippen LogP) is 4.95. The highest BCUT2D eigenvalue weighted by atomic mass is 16.6. The number of hydrogen-bond acceptors (Lipinski definition) is 10.